The lowest BCUT2D eigenvalue weighted by Crippen LogP contribution is -2.31. The van der Waals surface area contributed by atoms with E-state index in [2.05, 4.69) is 19.9 Å². The van der Waals surface area contributed by atoms with E-state index in [1.807, 2.05) is 32.9 Å². The van der Waals surface area contributed by atoms with Gasteiger partial charge in [-0.25, -0.2) is 10.2 Å². The summed E-state index contributed by atoms with van der Waals surface area (Å²) in [5.74, 6) is 2.13. The monoisotopic (exact) mass is 445 g/mol. The van der Waals surface area contributed by atoms with E-state index >= 15 is 0 Å². The Balaban J connectivity index is 0. The predicted molar refractivity (Wildman–Crippen MR) is 120 cm³/mol. The second-order valence-electron chi connectivity index (χ2n) is 6.50. The Labute approximate surface area is 183 Å². The number of allylic oxidation sites excluding steroid dienone is 5. The highest BCUT2D eigenvalue weighted by Crippen LogP contribution is 2.31. The van der Waals surface area contributed by atoms with Crippen molar-refractivity contribution < 1.29 is 22.4 Å². The summed E-state index contributed by atoms with van der Waals surface area (Å²) in [6.45, 7) is 12.9. The van der Waals surface area contributed by atoms with Gasteiger partial charge in [-0.05, 0) is 52.0 Å². The molecular weight excluding hydrogens is 410 g/mol. The number of hydrogen-bond acceptors (Lipinski definition) is 3. The molecule has 0 saturated carbocycles. The lowest BCUT2D eigenvalue weighted by Gasteiger charge is -2.23. The van der Waals surface area contributed by atoms with Crippen molar-refractivity contribution in [2.75, 3.05) is 6.54 Å². The Kier molecular flexibility index (Phi) is 15.0. The maximum absolute atomic E-state index is 14.1. The summed E-state index contributed by atoms with van der Waals surface area (Å²) in [5, 5.41) is 1.00. The summed E-state index contributed by atoms with van der Waals surface area (Å²) in [4.78, 5) is 11.0. The Morgan fingerprint density at radius 2 is 1.77 bits per heavy atom. The number of nitrogens with zero attached hydrogens (tertiary/aromatic N) is 1. The van der Waals surface area contributed by atoms with Crippen molar-refractivity contribution in [1.82, 2.24) is 5.01 Å². The van der Waals surface area contributed by atoms with Crippen LogP contribution >= 0.6 is 0 Å². The fourth-order valence-electron chi connectivity index (χ4n) is 2.01. The number of hydrogen-bond donors (Lipinski definition) is 2. The number of alkyl halides is 3. The normalized spacial score (nSPS) is 12.2. The summed E-state index contributed by atoms with van der Waals surface area (Å²) in [6.07, 6.45) is 2.51. The highest BCUT2D eigenvalue weighted by molar-refractivity contribution is 5.93. The van der Waals surface area contributed by atoms with Crippen LogP contribution in [-0.2, 0) is 0 Å². The molecule has 0 heterocycles. The van der Waals surface area contributed by atoms with Gasteiger partial charge < -0.3 is 10.7 Å². The van der Waals surface area contributed by atoms with Crippen molar-refractivity contribution in [1.29, 1.82) is 0 Å². The van der Waals surface area contributed by atoms with E-state index in [0.717, 1.165) is 24.1 Å². The van der Waals surface area contributed by atoms with Gasteiger partial charge in [0.1, 0.15) is 5.82 Å². The molecule has 4 nitrogen and oxygen atoms in total. The molecule has 4 N–H and O–H groups in total. The number of benzene rings is 1. The van der Waals surface area contributed by atoms with Crippen LogP contribution < -0.4 is 11.6 Å². The van der Waals surface area contributed by atoms with Gasteiger partial charge in [-0.1, -0.05) is 44.6 Å². The molecule has 0 bridgehead atoms. The van der Waals surface area contributed by atoms with Crippen LogP contribution in [0.1, 0.15) is 64.4 Å². The van der Waals surface area contributed by atoms with Crippen molar-refractivity contribution in [2.24, 2.45) is 17.5 Å². The van der Waals surface area contributed by atoms with E-state index in [1.54, 1.807) is 6.92 Å². The predicted octanol–water partition coefficient (Wildman–Crippen LogP) is 6.21. The van der Waals surface area contributed by atoms with Crippen LogP contribution in [0.4, 0.5) is 17.6 Å². The molecule has 176 valence electrons. The molecule has 1 amide bonds. The van der Waals surface area contributed by atoms with Gasteiger partial charge in [0.2, 0.25) is 5.91 Å². The van der Waals surface area contributed by atoms with E-state index in [1.165, 1.54) is 17.7 Å². The molecule has 0 radical (unpaired) electrons. The van der Waals surface area contributed by atoms with Gasteiger partial charge in [0.25, 0.3) is 0 Å². The molecule has 1 unspecified atom stereocenters. The van der Waals surface area contributed by atoms with E-state index in [0.29, 0.717) is 0 Å². The first kappa shape index (κ1) is 30.6. The summed E-state index contributed by atoms with van der Waals surface area (Å²) in [6, 6.07) is 3.28. The lowest BCUT2D eigenvalue weighted by atomic mass is 10.0. The smallest absolute Gasteiger partial charge is 0.366 e. The third-order valence-electron chi connectivity index (χ3n) is 3.73. The zero-order chi connectivity index (χ0) is 24.8. The van der Waals surface area contributed by atoms with Crippen molar-refractivity contribution >= 4 is 11.6 Å². The molecule has 0 spiro atoms. The number of carbonyl (C=O) groups is 1. The number of nitrogens with two attached hydrogens (primary N) is 2. The Morgan fingerprint density at radius 1 is 1.23 bits per heavy atom. The number of primary amides is 1. The van der Waals surface area contributed by atoms with Crippen LogP contribution in [0, 0.1) is 11.7 Å². The zero-order valence-corrected chi connectivity index (χ0v) is 19.3. The largest absolute Gasteiger partial charge is 0.394 e. The summed E-state index contributed by atoms with van der Waals surface area (Å²) >= 11 is 0. The molecule has 0 aliphatic carbocycles. The molecule has 31 heavy (non-hydrogen) atoms. The SMILES string of the molecule is C/C=C\C=C(C)C.CC.CCN(N)/C(=C\C(C)C(F)(F)F)c1ccc(C(N)=O)cc1F. The van der Waals surface area contributed by atoms with Gasteiger partial charge in [-0.2, -0.15) is 13.2 Å². The van der Waals surface area contributed by atoms with Crippen LogP contribution in [0.25, 0.3) is 5.70 Å². The maximum Gasteiger partial charge on any atom is 0.394 e. The number of halogens is 4. The minimum absolute atomic E-state index is 0.0791. The molecule has 8 heteroatoms. The third-order valence-corrected chi connectivity index (χ3v) is 3.73. The highest BCUT2D eigenvalue weighted by Gasteiger charge is 2.35. The van der Waals surface area contributed by atoms with Gasteiger partial charge in [-0.3, -0.25) is 4.79 Å². The minimum Gasteiger partial charge on any atom is -0.366 e. The van der Waals surface area contributed by atoms with Crippen LogP contribution in [0.2, 0.25) is 0 Å². The lowest BCUT2D eigenvalue weighted by molar-refractivity contribution is -0.156. The Bertz CT molecular complexity index is 765. The molecule has 1 atom stereocenters. The first-order valence-corrected chi connectivity index (χ1v) is 10.0. The fraction of sp³-hybridized carbons (Fsp3) is 0.435. The quantitative estimate of drug-likeness (QED) is 0.236. The number of hydrazine groups is 1. The fourth-order valence-corrected chi connectivity index (χ4v) is 2.01. The van der Waals surface area contributed by atoms with Crippen LogP contribution in [-0.4, -0.2) is 23.6 Å². The first-order chi connectivity index (χ1) is 14.3. The number of rotatable bonds is 6. The Morgan fingerprint density at radius 3 is 2.10 bits per heavy atom. The highest BCUT2D eigenvalue weighted by atomic mass is 19.4. The minimum atomic E-state index is -4.47. The van der Waals surface area contributed by atoms with E-state index < -0.39 is 23.8 Å². The molecular formula is C23H35F4N3O. The van der Waals surface area contributed by atoms with Crippen LogP contribution in [0.3, 0.4) is 0 Å². The summed E-state index contributed by atoms with van der Waals surface area (Å²) in [7, 11) is 0. The average Bonchev–Trinajstić information content (AvgIpc) is 2.71. The van der Waals surface area contributed by atoms with Gasteiger partial charge >= 0.3 is 6.18 Å². The molecule has 1 aromatic carbocycles. The summed E-state index contributed by atoms with van der Waals surface area (Å²) < 4.78 is 52.2. The van der Waals surface area contributed by atoms with Gasteiger partial charge in [0.15, 0.2) is 0 Å². The topological polar surface area (TPSA) is 72.3 Å². The van der Waals surface area contributed by atoms with Gasteiger partial charge in [0, 0.05) is 17.7 Å². The number of amides is 1. The van der Waals surface area contributed by atoms with Crippen molar-refractivity contribution in [3.05, 3.63) is 65.0 Å². The zero-order valence-electron chi connectivity index (χ0n) is 19.3. The Hall–Kier alpha value is -2.61. The number of carbonyl (C=O) groups excluding carboxylic acids is 1. The van der Waals surface area contributed by atoms with E-state index in [9.17, 15) is 22.4 Å². The summed E-state index contributed by atoms with van der Waals surface area (Å²) in [5.41, 5.74) is 6.05. The molecule has 1 rings (SSSR count). The molecule has 0 aliphatic heterocycles. The van der Waals surface area contributed by atoms with Crippen molar-refractivity contribution in [3.8, 4) is 0 Å². The first-order valence-electron chi connectivity index (χ1n) is 10.0. The van der Waals surface area contributed by atoms with Gasteiger partial charge in [-0.15, -0.1) is 0 Å². The van der Waals surface area contributed by atoms with Crippen LogP contribution in [0.15, 0.2) is 48.1 Å². The molecule has 0 fully saturated rings. The molecule has 0 aliphatic rings. The van der Waals surface area contributed by atoms with Crippen molar-refractivity contribution in [3.63, 3.8) is 0 Å². The standard InChI is InChI=1S/C14H17F4N3O.C7H12.C2H6/c1-3-21(20)12(6-8(2)14(16,17)18)10-5-4-9(13(19)22)7-11(10)15;1-4-5-6-7(2)3;1-2/h4-8H,3,20H2,1-2H3,(H2,19,22);4-6H,1-3H3;1-2H3/b12-6-;5-4-;. The molecule has 0 aromatic heterocycles. The second kappa shape index (κ2) is 15.2. The third kappa shape index (κ3) is 12.0. The van der Waals surface area contributed by atoms with E-state index in [-0.39, 0.29) is 23.4 Å². The maximum atomic E-state index is 14.1. The van der Waals surface area contributed by atoms with Crippen molar-refractivity contribution in [2.45, 2.75) is 54.6 Å². The second-order valence-corrected chi connectivity index (χ2v) is 6.50. The average molecular weight is 446 g/mol. The van der Waals surface area contributed by atoms with Crippen LogP contribution in [0.5, 0.6) is 0 Å². The molecule has 1 aromatic rings. The van der Waals surface area contributed by atoms with E-state index in [4.69, 9.17) is 11.6 Å². The van der Waals surface area contributed by atoms with Gasteiger partial charge in [0.05, 0.1) is 11.6 Å². The molecule has 0 saturated heterocycles.